The lowest BCUT2D eigenvalue weighted by Gasteiger charge is -2.17. The molecule has 0 aliphatic heterocycles. The summed E-state index contributed by atoms with van der Waals surface area (Å²) in [4.78, 5) is 38.2. The zero-order chi connectivity index (χ0) is 16.8. The number of pyridine rings is 1. The van der Waals surface area contributed by atoms with Crippen molar-refractivity contribution in [2.75, 3.05) is 13.2 Å². The van der Waals surface area contributed by atoms with Crippen LogP contribution in [-0.2, 0) is 22.4 Å². The van der Waals surface area contributed by atoms with Gasteiger partial charge in [-0.3, -0.25) is 9.59 Å². The van der Waals surface area contributed by atoms with E-state index in [1.54, 1.807) is 6.07 Å². The van der Waals surface area contributed by atoms with E-state index in [1.807, 2.05) is 0 Å². The molecule has 2 rings (SSSR count). The molecule has 0 fully saturated rings. The molecule has 124 valence electrons. The molecule has 1 aromatic rings. The van der Waals surface area contributed by atoms with E-state index in [0.29, 0.717) is 0 Å². The molecule has 0 saturated heterocycles. The van der Waals surface area contributed by atoms with Crippen molar-refractivity contribution in [2.24, 2.45) is 0 Å². The number of nitrogens with one attached hydrogen (secondary N) is 2. The molecule has 1 aliphatic carbocycles. The number of H-pyrrole nitrogens is 1. The van der Waals surface area contributed by atoms with E-state index >= 15 is 0 Å². The van der Waals surface area contributed by atoms with Gasteiger partial charge in [0.25, 0.3) is 11.5 Å². The lowest BCUT2D eigenvalue weighted by molar-refractivity contribution is -0.140. The predicted molar refractivity (Wildman–Crippen MR) is 83.6 cm³/mol. The van der Waals surface area contributed by atoms with Crippen LogP contribution in [0, 0.1) is 0 Å². The number of amides is 1. The number of carboxylic acid groups (broad SMARTS) is 1. The molecule has 3 N–H and O–H groups in total. The van der Waals surface area contributed by atoms with Gasteiger partial charge in [0, 0.05) is 5.69 Å². The number of aryl methyl sites for hydroxylation is 2. The minimum atomic E-state index is -1.23. The van der Waals surface area contributed by atoms with E-state index in [0.717, 1.165) is 36.9 Å². The number of carbonyl (C=O) groups is 2. The van der Waals surface area contributed by atoms with Crippen LogP contribution < -0.4 is 10.9 Å². The average Bonchev–Trinajstić information content (AvgIpc) is 2.53. The van der Waals surface area contributed by atoms with Gasteiger partial charge in [0.15, 0.2) is 6.04 Å². The predicted octanol–water partition coefficient (Wildman–Crippen LogP) is 0.639. The van der Waals surface area contributed by atoms with Crippen LogP contribution in [0.3, 0.4) is 0 Å². The van der Waals surface area contributed by atoms with E-state index in [1.165, 1.54) is 6.08 Å². The fourth-order valence-electron chi connectivity index (χ4n) is 2.52. The Hall–Kier alpha value is -2.41. The first kappa shape index (κ1) is 17.0. The van der Waals surface area contributed by atoms with Crippen molar-refractivity contribution in [3.8, 4) is 0 Å². The standard InChI is InChI=1S/C16H20N2O5/c1-2-7-23-9-13(16(21)22)18-15(20)11-8-10-5-3-4-6-12(10)17-14(11)19/h2,8,13H,1,3-7,9H2,(H,17,19)(H,18,20)(H,21,22). The van der Waals surface area contributed by atoms with E-state index in [9.17, 15) is 14.4 Å². The summed E-state index contributed by atoms with van der Waals surface area (Å²) >= 11 is 0. The molecule has 1 unspecified atom stereocenters. The Morgan fingerprint density at radius 2 is 2.17 bits per heavy atom. The lowest BCUT2D eigenvalue weighted by Crippen LogP contribution is -2.45. The van der Waals surface area contributed by atoms with E-state index in [4.69, 9.17) is 9.84 Å². The van der Waals surface area contributed by atoms with Crippen LogP contribution >= 0.6 is 0 Å². The van der Waals surface area contributed by atoms with Gasteiger partial charge in [0.05, 0.1) is 13.2 Å². The molecule has 0 aromatic carbocycles. The number of hydrogen-bond donors (Lipinski definition) is 3. The fourth-order valence-corrected chi connectivity index (χ4v) is 2.52. The van der Waals surface area contributed by atoms with Crippen LogP contribution in [0.25, 0.3) is 0 Å². The van der Waals surface area contributed by atoms with Gasteiger partial charge in [0.2, 0.25) is 0 Å². The largest absolute Gasteiger partial charge is 0.480 e. The molecular formula is C16H20N2O5. The quantitative estimate of drug-likeness (QED) is 0.504. The maximum atomic E-state index is 12.2. The van der Waals surface area contributed by atoms with Crippen molar-refractivity contribution in [3.63, 3.8) is 0 Å². The SMILES string of the molecule is C=CCOCC(NC(=O)c1cc2c([nH]c1=O)CCCC2)C(=O)O. The summed E-state index contributed by atoms with van der Waals surface area (Å²) in [7, 11) is 0. The van der Waals surface area contributed by atoms with Gasteiger partial charge in [-0.25, -0.2) is 4.79 Å². The maximum Gasteiger partial charge on any atom is 0.328 e. The molecule has 1 heterocycles. The Balaban J connectivity index is 2.14. The molecule has 0 bridgehead atoms. The molecule has 0 saturated carbocycles. The number of aliphatic carboxylic acids is 1. The average molecular weight is 320 g/mol. The second-order valence-corrected chi connectivity index (χ2v) is 5.41. The summed E-state index contributed by atoms with van der Waals surface area (Å²) in [6.45, 7) is 3.44. The molecule has 23 heavy (non-hydrogen) atoms. The first-order chi connectivity index (χ1) is 11.0. The van der Waals surface area contributed by atoms with E-state index < -0.39 is 23.5 Å². The van der Waals surface area contributed by atoms with Gasteiger partial charge < -0.3 is 20.1 Å². The second-order valence-electron chi connectivity index (χ2n) is 5.41. The Labute approximate surface area is 133 Å². The Bertz CT molecular complexity index is 665. The number of carbonyl (C=O) groups excluding carboxylic acids is 1. The molecular weight excluding hydrogens is 300 g/mol. The third-order valence-electron chi connectivity index (χ3n) is 3.71. The molecule has 7 nitrogen and oxygen atoms in total. The molecule has 1 amide bonds. The Kier molecular flexibility index (Phi) is 5.70. The maximum absolute atomic E-state index is 12.2. The zero-order valence-corrected chi connectivity index (χ0v) is 12.8. The highest BCUT2D eigenvalue weighted by molar-refractivity contribution is 5.96. The van der Waals surface area contributed by atoms with Gasteiger partial charge >= 0.3 is 5.97 Å². The van der Waals surface area contributed by atoms with Crippen LogP contribution in [0.4, 0.5) is 0 Å². The minimum Gasteiger partial charge on any atom is -0.480 e. The van der Waals surface area contributed by atoms with E-state index in [-0.39, 0.29) is 18.8 Å². The van der Waals surface area contributed by atoms with Crippen molar-refractivity contribution >= 4 is 11.9 Å². The highest BCUT2D eigenvalue weighted by Crippen LogP contribution is 2.18. The molecule has 1 aliphatic rings. The summed E-state index contributed by atoms with van der Waals surface area (Å²) in [6, 6.07) is 0.337. The third-order valence-corrected chi connectivity index (χ3v) is 3.71. The molecule has 7 heteroatoms. The molecule has 1 atom stereocenters. The smallest absolute Gasteiger partial charge is 0.328 e. The second kappa shape index (κ2) is 7.73. The number of aromatic nitrogens is 1. The number of ether oxygens (including phenoxy) is 1. The number of aromatic amines is 1. The van der Waals surface area contributed by atoms with Gasteiger partial charge in [-0.05, 0) is 37.3 Å². The topological polar surface area (TPSA) is 108 Å². The van der Waals surface area contributed by atoms with Gasteiger partial charge in [-0.1, -0.05) is 6.08 Å². The van der Waals surface area contributed by atoms with Gasteiger partial charge in [0.1, 0.15) is 5.56 Å². The lowest BCUT2D eigenvalue weighted by atomic mass is 9.95. The molecule has 1 aromatic heterocycles. The van der Waals surface area contributed by atoms with Crippen molar-refractivity contribution in [2.45, 2.75) is 31.7 Å². The Morgan fingerprint density at radius 1 is 1.43 bits per heavy atom. The summed E-state index contributed by atoms with van der Waals surface area (Å²) in [5.41, 5.74) is 1.23. The van der Waals surface area contributed by atoms with Crippen LogP contribution in [0.1, 0.15) is 34.5 Å². The number of fused-ring (bicyclic) bond motifs is 1. The van der Waals surface area contributed by atoms with Crippen LogP contribution in [-0.4, -0.2) is 41.2 Å². The fraction of sp³-hybridized carbons (Fsp3) is 0.438. The van der Waals surface area contributed by atoms with Crippen molar-refractivity contribution in [1.29, 1.82) is 0 Å². The summed E-state index contributed by atoms with van der Waals surface area (Å²) in [5.74, 6) is -1.94. The number of hydrogen-bond acceptors (Lipinski definition) is 4. The van der Waals surface area contributed by atoms with Crippen LogP contribution in [0.15, 0.2) is 23.5 Å². The normalized spacial score (nSPS) is 14.6. The minimum absolute atomic E-state index is 0.0689. The third kappa shape index (κ3) is 4.29. The summed E-state index contributed by atoms with van der Waals surface area (Å²) < 4.78 is 5.06. The van der Waals surface area contributed by atoms with E-state index in [2.05, 4.69) is 16.9 Å². The molecule has 0 spiro atoms. The highest BCUT2D eigenvalue weighted by atomic mass is 16.5. The Morgan fingerprint density at radius 3 is 2.87 bits per heavy atom. The van der Waals surface area contributed by atoms with Crippen molar-refractivity contribution in [3.05, 3.63) is 45.9 Å². The zero-order valence-electron chi connectivity index (χ0n) is 12.8. The summed E-state index contributed by atoms with van der Waals surface area (Å²) in [6.07, 6.45) is 5.09. The first-order valence-corrected chi connectivity index (χ1v) is 7.50. The monoisotopic (exact) mass is 320 g/mol. The highest BCUT2D eigenvalue weighted by Gasteiger charge is 2.23. The van der Waals surface area contributed by atoms with Crippen molar-refractivity contribution in [1.82, 2.24) is 10.3 Å². The number of rotatable bonds is 7. The van der Waals surface area contributed by atoms with Crippen LogP contribution in [0.2, 0.25) is 0 Å². The first-order valence-electron chi connectivity index (χ1n) is 7.50. The van der Waals surface area contributed by atoms with Crippen molar-refractivity contribution < 1.29 is 19.4 Å². The van der Waals surface area contributed by atoms with Gasteiger partial charge in [-0.2, -0.15) is 0 Å². The number of carboxylic acids is 1. The van der Waals surface area contributed by atoms with Gasteiger partial charge in [-0.15, -0.1) is 6.58 Å². The molecule has 0 radical (unpaired) electrons. The van der Waals surface area contributed by atoms with Crippen LogP contribution in [0.5, 0.6) is 0 Å². The summed E-state index contributed by atoms with van der Waals surface area (Å²) in [5, 5.41) is 11.4.